The fraction of sp³-hybridized carbons (Fsp3) is 0.222. The first-order valence-electron chi connectivity index (χ1n) is 7.71. The number of benzene rings is 2. The van der Waals surface area contributed by atoms with E-state index in [-0.39, 0.29) is 28.7 Å². The van der Waals surface area contributed by atoms with E-state index in [9.17, 15) is 19.0 Å². The van der Waals surface area contributed by atoms with Crippen molar-refractivity contribution >= 4 is 23.4 Å². The summed E-state index contributed by atoms with van der Waals surface area (Å²) in [5.41, 5.74) is 0.848. The normalized spacial score (nSPS) is 13.9. The van der Waals surface area contributed by atoms with Gasteiger partial charge in [-0.25, -0.2) is 8.78 Å². The van der Waals surface area contributed by atoms with Crippen molar-refractivity contribution < 1.29 is 28.5 Å². The van der Waals surface area contributed by atoms with E-state index in [2.05, 4.69) is 0 Å². The molecule has 1 heterocycles. The molecule has 5 nitrogen and oxygen atoms in total. The van der Waals surface area contributed by atoms with E-state index in [1.54, 1.807) is 17.2 Å². The minimum absolute atomic E-state index is 0.0184. The van der Waals surface area contributed by atoms with Gasteiger partial charge in [0.05, 0.1) is 29.9 Å². The third-order valence-corrected chi connectivity index (χ3v) is 4.17. The average Bonchev–Trinajstić information content (AvgIpc) is 2.57. The summed E-state index contributed by atoms with van der Waals surface area (Å²) in [6.45, 7) is 0.699. The molecule has 0 aromatic heterocycles. The first-order chi connectivity index (χ1) is 12.4. The van der Waals surface area contributed by atoms with Crippen LogP contribution in [0.4, 0.5) is 14.5 Å². The largest absolute Gasteiger partial charge is 0.495 e. The van der Waals surface area contributed by atoms with E-state index >= 15 is 0 Å². The number of ether oxygens (including phenoxy) is 2. The van der Waals surface area contributed by atoms with Crippen LogP contribution >= 0.6 is 11.6 Å². The molecular formula is C18H16ClF2NO4. The zero-order valence-electron chi connectivity index (χ0n) is 13.7. The smallest absolute Gasteiger partial charge is 0.185 e. The number of anilines is 1. The molecule has 2 N–H and O–H groups in total. The zero-order chi connectivity index (χ0) is 18.8. The lowest BCUT2D eigenvalue weighted by Crippen LogP contribution is -2.29. The third-order valence-electron chi connectivity index (χ3n) is 3.88. The summed E-state index contributed by atoms with van der Waals surface area (Å²) in [5.74, 6) is -1.02. The maximum atomic E-state index is 13.3. The van der Waals surface area contributed by atoms with Gasteiger partial charge in [0, 0.05) is 12.3 Å². The summed E-state index contributed by atoms with van der Waals surface area (Å²) in [6, 6.07) is 4.76. The van der Waals surface area contributed by atoms with Gasteiger partial charge in [-0.15, -0.1) is 0 Å². The highest BCUT2D eigenvalue weighted by atomic mass is 35.5. The standard InChI is InChI=1S/C18H16ClF2NO4/c1-25-16-13(19)9-14-17(15(16)18(23)24)26-5-4-22(14)3-2-10-6-11(20)8-12(21)7-10/h2-3,6-9,18,23-24H,4-5H2,1H3/b3-2+. The zero-order valence-corrected chi connectivity index (χ0v) is 14.5. The number of halogens is 3. The van der Waals surface area contributed by atoms with Crippen LogP contribution in [-0.4, -0.2) is 30.5 Å². The highest BCUT2D eigenvalue weighted by Crippen LogP contribution is 2.47. The van der Waals surface area contributed by atoms with Crippen LogP contribution < -0.4 is 14.4 Å². The van der Waals surface area contributed by atoms with E-state index in [1.165, 1.54) is 25.3 Å². The lowest BCUT2D eigenvalue weighted by molar-refractivity contribution is -0.0457. The van der Waals surface area contributed by atoms with E-state index < -0.39 is 17.9 Å². The summed E-state index contributed by atoms with van der Waals surface area (Å²) in [6.07, 6.45) is 1.30. The molecular weight excluding hydrogens is 368 g/mol. The minimum Gasteiger partial charge on any atom is -0.495 e. The van der Waals surface area contributed by atoms with Crippen molar-refractivity contribution in [3.8, 4) is 11.5 Å². The molecule has 1 aliphatic rings. The molecule has 0 atom stereocenters. The number of fused-ring (bicyclic) bond motifs is 1. The van der Waals surface area contributed by atoms with Gasteiger partial charge >= 0.3 is 0 Å². The number of hydrogen-bond acceptors (Lipinski definition) is 5. The Balaban J connectivity index is 2.02. The maximum absolute atomic E-state index is 13.3. The Bertz CT molecular complexity index is 837. The molecule has 2 aromatic rings. The van der Waals surface area contributed by atoms with Gasteiger partial charge in [0.1, 0.15) is 24.0 Å². The van der Waals surface area contributed by atoms with Crippen LogP contribution in [0.1, 0.15) is 17.4 Å². The van der Waals surface area contributed by atoms with Gasteiger partial charge in [0.15, 0.2) is 12.0 Å². The van der Waals surface area contributed by atoms with Crippen molar-refractivity contribution in [1.29, 1.82) is 0 Å². The second-order valence-electron chi connectivity index (χ2n) is 5.59. The van der Waals surface area contributed by atoms with Crippen molar-refractivity contribution in [2.75, 3.05) is 25.2 Å². The van der Waals surface area contributed by atoms with E-state index in [1.807, 2.05) is 0 Å². The molecule has 0 unspecified atom stereocenters. The molecule has 138 valence electrons. The molecule has 1 aliphatic heterocycles. The Kier molecular flexibility index (Phi) is 5.31. The quantitative estimate of drug-likeness (QED) is 0.791. The average molecular weight is 384 g/mol. The summed E-state index contributed by atoms with van der Waals surface area (Å²) in [4.78, 5) is 1.73. The van der Waals surface area contributed by atoms with Gasteiger partial charge < -0.3 is 24.6 Å². The van der Waals surface area contributed by atoms with E-state index in [4.69, 9.17) is 21.1 Å². The number of aliphatic hydroxyl groups excluding tert-OH is 1. The molecule has 0 bridgehead atoms. The van der Waals surface area contributed by atoms with Gasteiger partial charge in [-0.05, 0) is 29.8 Å². The van der Waals surface area contributed by atoms with Crippen molar-refractivity contribution in [2.45, 2.75) is 6.29 Å². The van der Waals surface area contributed by atoms with Crippen LogP contribution in [0, 0.1) is 11.6 Å². The maximum Gasteiger partial charge on any atom is 0.185 e. The van der Waals surface area contributed by atoms with Gasteiger partial charge in [0.25, 0.3) is 0 Å². The molecule has 0 fully saturated rings. The highest BCUT2D eigenvalue weighted by Gasteiger charge is 2.28. The first-order valence-corrected chi connectivity index (χ1v) is 8.08. The number of nitrogens with zero attached hydrogens (tertiary/aromatic N) is 1. The predicted octanol–water partition coefficient (Wildman–Crippen LogP) is 3.48. The molecule has 3 rings (SSSR count). The summed E-state index contributed by atoms with van der Waals surface area (Å²) in [5, 5.41) is 19.6. The topological polar surface area (TPSA) is 62.2 Å². The minimum atomic E-state index is -1.85. The number of aliphatic hydroxyl groups is 2. The van der Waals surface area contributed by atoms with Crippen LogP contribution in [0.2, 0.25) is 5.02 Å². The Labute approximate surface area is 153 Å². The second-order valence-corrected chi connectivity index (χ2v) is 5.99. The molecule has 8 heteroatoms. The molecule has 0 aliphatic carbocycles. The van der Waals surface area contributed by atoms with Gasteiger partial charge in [0.2, 0.25) is 0 Å². The summed E-state index contributed by atoms with van der Waals surface area (Å²) in [7, 11) is 1.36. The Morgan fingerprint density at radius 2 is 1.92 bits per heavy atom. The Morgan fingerprint density at radius 3 is 2.54 bits per heavy atom. The Hall–Kier alpha value is -2.35. The molecule has 26 heavy (non-hydrogen) atoms. The molecule has 0 radical (unpaired) electrons. The molecule has 0 spiro atoms. The molecule has 0 saturated heterocycles. The number of rotatable bonds is 4. The van der Waals surface area contributed by atoms with Crippen LogP contribution in [0.3, 0.4) is 0 Å². The summed E-state index contributed by atoms with van der Waals surface area (Å²) < 4.78 is 37.4. The van der Waals surface area contributed by atoms with Gasteiger partial charge in [-0.2, -0.15) is 0 Å². The van der Waals surface area contributed by atoms with Gasteiger partial charge in [-0.1, -0.05) is 11.6 Å². The van der Waals surface area contributed by atoms with Crippen molar-refractivity contribution in [3.05, 3.63) is 58.2 Å². The Morgan fingerprint density at radius 1 is 1.23 bits per heavy atom. The highest BCUT2D eigenvalue weighted by molar-refractivity contribution is 6.32. The fourth-order valence-corrected chi connectivity index (χ4v) is 3.08. The van der Waals surface area contributed by atoms with Crippen LogP contribution in [0.15, 0.2) is 30.5 Å². The van der Waals surface area contributed by atoms with Crippen molar-refractivity contribution in [1.82, 2.24) is 0 Å². The number of hydrogen-bond donors (Lipinski definition) is 2. The van der Waals surface area contributed by atoms with Gasteiger partial charge in [-0.3, -0.25) is 0 Å². The predicted molar refractivity (Wildman–Crippen MR) is 93.4 cm³/mol. The second kappa shape index (κ2) is 7.49. The lowest BCUT2D eigenvalue weighted by Gasteiger charge is -2.31. The monoisotopic (exact) mass is 383 g/mol. The van der Waals surface area contributed by atoms with E-state index in [0.29, 0.717) is 17.8 Å². The van der Waals surface area contributed by atoms with E-state index in [0.717, 1.165) is 6.07 Å². The third kappa shape index (κ3) is 3.60. The summed E-state index contributed by atoms with van der Waals surface area (Å²) >= 11 is 6.18. The molecule has 0 amide bonds. The van der Waals surface area contributed by atoms with Crippen molar-refractivity contribution in [2.24, 2.45) is 0 Å². The first kappa shape index (κ1) is 18.4. The number of methoxy groups -OCH3 is 1. The van der Waals surface area contributed by atoms with Crippen LogP contribution in [0.25, 0.3) is 6.08 Å². The van der Waals surface area contributed by atoms with Crippen LogP contribution in [0.5, 0.6) is 11.5 Å². The van der Waals surface area contributed by atoms with Crippen LogP contribution in [-0.2, 0) is 0 Å². The fourth-order valence-electron chi connectivity index (χ4n) is 2.80. The van der Waals surface area contributed by atoms with Crippen molar-refractivity contribution in [3.63, 3.8) is 0 Å². The molecule has 0 saturated carbocycles. The molecule has 2 aromatic carbocycles. The lowest BCUT2D eigenvalue weighted by atomic mass is 10.1. The SMILES string of the molecule is COc1c(Cl)cc2c(c1C(O)O)OCCN2/C=C/c1cc(F)cc(F)c1.